The third kappa shape index (κ3) is 3.67. The minimum atomic E-state index is 0.0812. The molecule has 1 atom stereocenters. The molecule has 1 saturated heterocycles. The Morgan fingerprint density at radius 2 is 2.32 bits per heavy atom. The van der Waals surface area contributed by atoms with E-state index >= 15 is 0 Å². The average Bonchev–Trinajstić information content (AvgIpc) is 2.47. The number of aliphatic hydroxyl groups excluding tert-OH is 1. The van der Waals surface area contributed by atoms with Crippen molar-refractivity contribution < 1.29 is 9.84 Å². The summed E-state index contributed by atoms with van der Waals surface area (Å²) in [6.45, 7) is 5.04. The smallest absolute Gasteiger partial charge is 0.129 e. The van der Waals surface area contributed by atoms with Gasteiger partial charge in [0.2, 0.25) is 0 Å². The Labute approximate surface area is 115 Å². The fourth-order valence-corrected chi connectivity index (χ4v) is 2.71. The molecule has 106 valence electrons. The van der Waals surface area contributed by atoms with Gasteiger partial charge in [-0.05, 0) is 42.9 Å². The molecule has 19 heavy (non-hydrogen) atoms. The zero-order valence-corrected chi connectivity index (χ0v) is 11.9. The molecule has 1 aromatic rings. The highest BCUT2D eigenvalue weighted by atomic mass is 16.5. The molecule has 1 unspecified atom stereocenters. The van der Waals surface area contributed by atoms with Crippen LogP contribution in [0.25, 0.3) is 0 Å². The molecule has 1 aliphatic heterocycles. The highest BCUT2D eigenvalue weighted by molar-refractivity contribution is 5.43. The number of rotatable bonds is 5. The summed E-state index contributed by atoms with van der Waals surface area (Å²) in [6.07, 6.45) is 3.31. The van der Waals surface area contributed by atoms with Gasteiger partial charge >= 0.3 is 0 Å². The van der Waals surface area contributed by atoms with Crippen molar-refractivity contribution in [3.05, 3.63) is 23.4 Å². The number of hydrogen-bond donors (Lipinski definition) is 1. The normalized spacial score (nSPS) is 19.7. The van der Waals surface area contributed by atoms with Crippen LogP contribution in [0, 0.1) is 5.92 Å². The first-order chi connectivity index (χ1) is 9.26. The summed E-state index contributed by atoms with van der Waals surface area (Å²) in [4.78, 5) is 7.02. The summed E-state index contributed by atoms with van der Waals surface area (Å²) in [5.74, 6) is 1.59. The summed E-state index contributed by atoms with van der Waals surface area (Å²) in [7, 11) is 1.76. The lowest BCUT2D eigenvalue weighted by Crippen LogP contribution is -2.37. The first kappa shape index (κ1) is 14.3. The van der Waals surface area contributed by atoms with Crippen molar-refractivity contribution in [3.63, 3.8) is 0 Å². The maximum Gasteiger partial charge on any atom is 0.129 e. The molecule has 0 amide bonds. The molecule has 2 rings (SSSR count). The zero-order valence-electron chi connectivity index (χ0n) is 11.9. The third-order valence-corrected chi connectivity index (χ3v) is 3.71. The number of piperidine rings is 1. The largest absolute Gasteiger partial charge is 0.392 e. The Morgan fingerprint density at radius 1 is 1.47 bits per heavy atom. The van der Waals surface area contributed by atoms with E-state index in [1.165, 1.54) is 12.8 Å². The summed E-state index contributed by atoms with van der Waals surface area (Å²) in [5.41, 5.74) is 2.01. The van der Waals surface area contributed by atoms with E-state index < -0.39 is 0 Å². The van der Waals surface area contributed by atoms with E-state index in [0.29, 0.717) is 5.92 Å². The van der Waals surface area contributed by atoms with Crippen LogP contribution in [-0.2, 0) is 17.8 Å². The lowest BCUT2D eigenvalue weighted by molar-refractivity contribution is 0.143. The number of aromatic nitrogens is 1. The predicted octanol–water partition coefficient (Wildman–Crippen LogP) is 2.00. The summed E-state index contributed by atoms with van der Waals surface area (Å²) < 4.78 is 5.27. The van der Waals surface area contributed by atoms with Crippen LogP contribution >= 0.6 is 0 Å². The molecule has 0 radical (unpaired) electrons. The molecule has 0 aromatic carbocycles. The summed E-state index contributed by atoms with van der Waals surface area (Å²) in [6, 6.07) is 3.99. The molecule has 1 fully saturated rings. The maximum atomic E-state index is 9.35. The number of ether oxygens (including phenoxy) is 1. The second-order valence-electron chi connectivity index (χ2n) is 5.25. The Hall–Kier alpha value is -1.13. The minimum Gasteiger partial charge on any atom is -0.392 e. The van der Waals surface area contributed by atoms with Gasteiger partial charge in [0.05, 0.1) is 13.2 Å². The molecule has 0 saturated carbocycles. The quantitative estimate of drug-likeness (QED) is 0.883. The number of aryl methyl sites for hydroxylation is 1. The molecular formula is C15H24N2O2. The molecular weight excluding hydrogens is 240 g/mol. The highest BCUT2D eigenvalue weighted by Gasteiger charge is 2.21. The van der Waals surface area contributed by atoms with E-state index in [4.69, 9.17) is 9.72 Å². The van der Waals surface area contributed by atoms with Gasteiger partial charge in [0.15, 0.2) is 0 Å². The molecule has 1 N–H and O–H groups in total. The second kappa shape index (κ2) is 6.87. The Morgan fingerprint density at radius 3 is 3.00 bits per heavy atom. The van der Waals surface area contributed by atoms with Crippen LogP contribution in [0.4, 0.5) is 5.82 Å². The monoisotopic (exact) mass is 264 g/mol. The number of hydrogen-bond acceptors (Lipinski definition) is 4. The average molecular weight is 264 g/mol. The fraction of sp³-hybridized carbons (Fsp3) is 0.667. The van der Waals surface area contributed by atoms with Gasteiger partial charge in [0.1, 0.15) is 5.82 Å². The van der Waals surface area contributed by atoms with Crippen molar-refractivity contribution in [3.8, 4) is 0 Å². The lowest BCUT2D eigenvalue weighted by atomic mass is 9.99. The molecule has 1 aliphatic rings. The number of anilines is 1. The highest BCUT2D eigenvalue weighted by Crippen LogP contribution is 2.23. The first-order valence-electron chi connectivity index (χ1n) is 7.11. The standard InChI is InChI=1S/C15H24N2O2/c1-3-14-7-13(10-18)8-15(16-14)17-6-4-5-12(9-17)11-19-2/h7-8,12,18H,3-6,9-11H2,1-2H3. The van der Waals surface area contributed by atoms with Crippen LogP contribution in [0.5, 0.6) is 0 Å². The number of nitrogens with zero attached hydrogens (tertiary/aromatic N) is 2. The molecule has 4 heteroatoms. The molecule has 0 aliphatic carbocycles. The van der Waals surface area contributed by atoms with E-state index in [9.17, 15) is 5.11 Å². The van der Waals surface area contributed by atoms with Gasteiger partial charge < -0.3 is 14.7 Å². The first-order valence-corrected chi connectivity index (χ1v) is 7.11. The van der Waals surface area contributed by atoms with Gasteiger partial charge in [-0.2, -0.15) is 0 Å². The Bertz CT molecular complexity index is 385. The van der Waals surface area contributed by atoms with E-state index in [0.717, 1.165) is 43.2 Å². The van der Waals surface area contributed by atoms with Crippen molar-refractivity contribution in [2.75, 3.05) is 31.7 Å². The van der Waals surface area contributed by atoms with Gasteiger partial charge in [0.25, 0.3) is 0 Å². The zero-order chi connectivity index (χ0) is 13.7. The van der Waals surface area contributed by atoms with Gasteiger partial charge in [0, 0.05) is 25.9 Å². The second-order valence-corrected chi connectivity index (χ2v) is 5.25. The van der Waals surface area contributed by atoms with Crippen molar-refractivity contribution in [2.45, 2.75) is 32.8 Å². The van der Waals surface area contributed by atoms with Crippen molar-refractivity contribution in [2.24, 2.45) is 5.92 Å². The van der Waals surface area contributed by atoms with Crippen LogP contribution < -0.4 is 4.90 Å². The molecule has 2 heterocycles. The fourth-order valence-electron chi connectivity index (χ4n) is 2.71. The maximum absolute atomic E-state index is 9.35. The molecule has 0 spiro atoms. The third-order valence-electron chi connectivity index (χ3n) is 3.71. The Kier molecular flexibility index (Phi) is 5.16. The summed E-state index contributed by atoms with van der Waals surface area (Å²) >= 11 is 0. The van der Waals surface area contributed by atoms with Crippen LogP contribution in [0.15, 0.2) is 12.1 Å². The van der Waals surface area contributed by atoms with E-state index in [1.54, 1.807) is 7.11 Å². The van der Waals surface area contributed by atoms with Crippen LogP contribution in [0.3, 0.4) is 0 Å². The van der Waals surface area contributed by atoms with Crippen LogP contribution in [0.2, 0.25) is 0 Å². The minimum absolute atomic E-state index is 0.0812. The summed E-state index contributed by atoms with van der Waals surface area (Å²) in [5, 5.41) is 9.35. The number of aliphatic hydroxyl groups is 1. The van der Waals surface area contributed by atoms with Gasteiger partial charge in [-0.25, -0.2) is 4.98 Å². The van der Waals surface area contributed by atoms with E-state index in [2.05, 4.69) is 11.8 Å². The van der Waals surface area contributed by atoms with Gasteiger partial charge in [-0.15, -0.1) is 0 Å². The van der Waals surface area contributed by atoms with Gasteiger partial charge in [-0.1, -0.05) is 6.92 Å². The van der Waals surface area contributed by atoms with Gasteiger partial charge in [-0.3, -0.25) is 0 Å². The molecule has 0 bridgehead atoms. The molecule has 1 aromatic heterocycles. The SMILES string of the molecule is CCc1cc(CO)cc(N2CCCC(COC)C2)n1. The molecule has 4 nitrogen and oxygen atoms in total. The predicted molar refractivity (Wildman–Crippen MR) is 76.4 cm³/mol. The lowest BCUT2D eigenvalue weighted by Gasteiger charge is -2.33. The van der Waals surface area contributed by atoms with E-state index in [-0.39, 0.29) is 6.61 Å². The van der Waals surface area contributed by atoms with Crippen LogP contribution in [0.1, 0.15) is 31.0 Å². The Balaban J connectivity index is 2.15. The topological polar surface area (TPSA) is 45.6 Å². The van der Waals surface area contributed by atoms with Crippen molar-refractivity contribution in [1.82, 2.24) is 4.98 Å². The number of methoxy groups -OCH3 is 1. The van der Waals surface area contributed by atoms with Crippen molar-refractivity contribution >= 4 is 5.82 Å². The van der Waals surface area contributed by atoms with E-state index in [1.807, 2.05) is 12.1 Å². The van der Waals surface area contributed by atoms with Crippen molar-refractivity contribution in [1.29, 1.82) is 0 Å². The van der Waals surface area contributed by atoms with Crippen LogP contribution in [-0.4, -0.2) is 36.9 Å². The number of pyridine rings is 1.